The summed E-state index contributed by atoms with van der Waals surface area (Å²) in [5.74, 6) is 0.626. The van der Waals surface area contributed by atoms with E-state index in [-0.39, 0.29) is 41.5 Å². The Hall–Kier alpha value is -3.42. The highest BCUT2D eigenvalue weighted by Crippen LogP contribution is 2.59. The number of fused-ring (bicyclic) bond motifs is 2. The Bertz CT molecular complexity index is 1440. The van der Waals surface area contributed by atoms with Gasteiger partial charge in [-0.3, -0.25) is 19.1 Å². The van der Waals surface area contributed by atoms with Gasteiger partial charge in [-0.05, 0) is 61.8 Å². The Morgan fingerprint density at radius 3 is 2.38 bits per heavy atom. The van der Waals surface area contributed by atoms with Gasteiger partial charge in [0, 0.05) is 42.7 Å². The molecule has 1 aliphatic heterocycles. The topological polar surface area (TPSA) is 98.1 Å². The minimum absolute atomic E-state index is 0.00495. The van der Waals surface area contributed by atoms with E-state index >= 15 is 0 Å². The molecule has 5 rings (SSSR count). The van der Waals surface area contributed by atoms with Gasteiger partial charge in [-0.1, -0.05) is 46.0 Å². The first-order chi connectivity index (χ1) is 19.1. The Morgan fingerprint density at radius 2 is 1.68 bits per heavy atom. The van der Waals surface area contributed by atoms with Gasteiger partial charge in [0.05, 0.1) is 11.6 Å². The van der Waals surface area contributed by atoms with Crippen LogP contribution in [0.4, 0.5) is 0 Å². The minimum atomic E-state index is -0.352. The highest BCUT2D eigenvalue weighted by atomic mass is 16.2. The maximum absolute atomic E-state index is 13.8. The van der Waals surface area contributed by atoms with E-state index in [4.69, 9.17) is 0 Å². The number of aryl methyl sites for hydroxylation is 2. The van der Waals surface area contributed by atoms with Gasteiger partial charge in [0.2, 0.25) is 5.91 Å². The minimum Gasteiger partial charge on any atom is -0.327 e. The quantitative estimate of drug-likeness (QED) is 0.205. The van der Waals surface area contributed by atoms with E-state index in [2.05, 4.69) is 28.9 Å². The Kier molecular flexibility index (Phi) is 7.89. The standard InChI is InChI=1S/C32H41N5O3/c1-6-7-8-9-10-11-12-27(39)26-15-32(5)16-28(32)37(26)29(40)19-36-31-20(2)13-23(24-17-33-22(4)34-18-24)14-25(31)30(35-36)21(3)38/h13-14,17-18,26,28H,6-12,15-16,19H2,1-5H3/t26-,28+,32-/m0/s1. The number of ketones is 2. The molecule has 1 aromatic carbocycles. The number of carbonyl (C=O) groups is 3. The second-order valence-corrected chi connectivity index (χ2v) is 12.1. The molecular weight excluding hydrogens is 502 g/mol. The molecule has 2 aliphatic rings. The number of amides is 1. The number of likely N-dealkylation sites (tertiary alicyclic amines) is 1. The monoisotopic (exact) mass is 543 g/mol. The van der Waals surface area contributed by atoms with E-state index in [9.17, 15) is 14.4 Å². The second kappa shape index (κ2) is 11.2. The van der Waals surface area contributed by atoms with Crippen LogP contribution in [0.3, 0.4) is 0 Å². The van der Waals surface area contributed by atoms with Gasteiger partial charge in [-0.2, -0.15) is 5.10 Å². The average molecular weight is 544 g/mol. The van der Waals surface area contributed by atoms with E-state index in [1.165, 1.54) is 26.2 Å². The third-order valence-corrected chi connectivity index (χ3v) is 8.84. The van der Waals surface area contributed by atoms with Crippen LogP contribution in [0.5, 0.6) is 0 Å². The van der Waals surface area contributed by atoms with E-state index in [1.807, 2.05) is 30.9 Å². The number of benzene rings is 1. The smallest absolute Gasteiger partial charge is 0.245 e. The van der Waals surface area contributed by atoms with E-state index in [0.717, 1.165) is 54.3 Å². The van der Waals surface area contributed by atoms with Crippen LogP contribution < -0.4 is 0 Å². The number of rotatable bonds is 12. The van der Waals surface area contributed by atoms with Gasteiger partial charge in [0.25, 0.3) is 0 Å². The zero-order valence-electron chi connectivity index (χ0n) is 24.5. The largest absolute Gasteiger partial charge is 0.327 e. The van der Waals surface area contributed by atoms with Crippen molar-refractivity contribution in [3.63, 3.8) is 0 Å². The Balaban J connectivity index is 1.37. The Labute approximate surface area is 236 Å². The number of hydrogen-bond donors (Lipinski definition) is 0. The van der Waals surface area contributed by atoms with Gasteiger partial charge in [-0.15, -0.1) is 0 Å². The molecule has 8 heteroatoms. The SMILES string of the molecule is CCCCCCCCC(=O)[C@@H]1C[C@@]2(C)C[C@H]2N1C(=O)Cn1nc(C(C)=O)c2cc(-c3cnc(C)nc3)cc(C)c21. The molecule has 0 N–H and O–H groups in total. The molecule has 1 saturated carbocycles. The van der Waals surface area contributed by atoms with Crippen molar-refractivity contribution in [1.29, 1.82) is 0 Å². The lowest BCUT2D eigenvalue weighted by Gasteiger charge is -2.27. The van der Waals surface area contributed by atoms with Crippen molar-refractivity contribution in [1.82, 2.24) is 24.6 Å². The maximum atomic E-state index is 13.8. The summed E-state index contributed by atoms with van der Waals surface area (Å²) in [5, 5.41) is 5.34. The predicted octanol–water partition coefficient (Wildman–Crippen LogP) is 6.01. The van der Waals surface area contributed by atoms with E-state index < -0.39 is 0 Å². The van der Waals surface area contributed by atoms with Crippen molar-refractivity contribution in [2.75, 3.05) is 0 Å². The van der Waals surface area contributed by atoms with Gasteiger partial charge in [0.1, 0.15) is 18.1 Å². The fourth-order valence-electron chi connectivity index (χ4n) is 6.48. The summed E-state index contributed by atoms with van der Waals surface area (Å²) in [6.07, 6.45) is 12.6. The summed E-state index contributed by atoms with van der Waals surface area (Å²) in [4.78, 5) is 50.2. The molecule has 0 unspecified atom stereocenters. The lowest BCUT2D eigenvalue weighted by atomic mass is 9.96. The zero-order chi connectivity index (χ0) is 28.6. The molecule has 2 aromatic heterocycles. The Morgan fingerprint density at radius 1 is 0.975 bits per heavy atom. The third kappa shape index (κ3) is 5.45. The molecule has 1 saturated heterocycles. The molecule has 3 atom stereocenters. The third-order valence-electron chi connectivity index (χ3n) is 8.84. The molecule has 1 aliphatic carbocycles. The number of unbranched alkanes of at least 4 members (excludes halogenated alkanes) is 5. The predicted molar refractivity (Wildman–Crippen MR) is 155 cm³/mol. The molecule has 0 radical (unpaired) electrons. The van der Waals surface area contributed by atoms with Crippen LogP contribution in [0.1, 0.15) is 100 Å². The molecule has 3 heterocycles. The van der Waals surface area contributed by atoms with Crippen molar-refractivity contribution >= 4 is 28.4 Å². The van der Waals surface area contributed by atoms with Crippen LogP contribution in [-0.2, 0) is 16.1 Å². The van der Waals surface area contributed by atoms with Crippen LogP contribution in [0.2, 0.25) is 0 Å². The molecule has 40 heavy (non-hydrogen) atoms. The number of aromatic nitrogens is 4. The highest BCUT2D eigenvalue weighted by Gasteiger charge is 2.64. The van der Waals surface area contributed by atoms with Crippen LogP contribution >= 0.6 is 0 Å². The average Bonchev–Trinajstić information content (AvgIpc) is 3.27. The fourth-order valence-corrected chi connectivity index (χ4v) is 6.48. The van der Waals surface area contributed by atoms with Gasteiger partial charge in [-0.25, -0.2) is 9.97 Å². The first-order valence-electron chi connectivity index (χ1n) is 14.8. The summed E-state index contributed by atoms with van der Waals surface area (Å²) in [6, 6.07) is 3.71. The number of Topliss-reactive ketones (excluding diaryl/α,β-unsaturated/α-hetero) is 2. The molecule has 8 nitrogen and oxygen atoms in total. The van der Waals surface area contributed by atoms with Crippen LogP contribution in [0.15, 0.2) is 24.5 Å². The number of hydrogen-bond acceptors (Lipinski definition) is 6. The lowest BCUT2D eigenvalue weighted by Crippen LogP contribution is -2.44. The zero-order valence-corrected chi connectivity index (χ0v) is 24.5. The summed E-state index contributed by atoms with van der Waals surface area (Å²) in [7, 11) is 0. The van der Waals surface area contributed by atoms with Crippen LogP contribution in [0, 0.1) is 19.3 Å². The first kappa shape index (κ1) is 28.1. The first-order valence-corrected chi connectivity index (χ1v) is 14.8. The van der Waals surface area contributed by atoms with Crippen molar-refractivity contribution in [2.24, 2.45) is 5.41 Å². The second-order valence-electron chi connectivity index (χ2n) is 12.1. The number of nitrogens with zero attached hydrogens (tertiary/aromatic N) is 5. The van der Waals surface area contributed by atoms with Crippen molar-refractivity contribution in [2.45, 2.75) is 111 Å². The summed E-state index contributed by atoms with van der Waals surface area (Å²) in [6.45, 7) is 9.70. The highest BCUT2D eigenvalue weighted by molar-refractivity contribution is 6.07. The number of carbonyl (C=O) groups excluding carboxylic acids is 3. The molecule has 2 fully saturated rings. The van der Waals surface area contributed by atoms with Crippen molar-refractivity contribution < 1.29 is 14.4 Å². The van der Waals surface area contributed by atoms with Crippen LogP contribution in [0.25, 0.3) is 22.0 Å². The maximum Gasteiger partial charge on any atom is 0.245 e. The van der Waals surface area contributed by atoms with E-state index in [1.54, 1.807) is 17.1 Å². The molecular formula is C32H41N5O3. The van der Waals surface area contributed by atoms with E-state index in [0.29, 0.717) is 23.3 Å². The van der Waals surface area contributed by atoms with Crippen LogP contribution in [-0.4, -0.2) is 54.2 Å². The van der Waals surface area contributed by atoms with Gasteiger partial charge < -0.3 is 4.90 Å². The van der Waals surface area contributed by atoms with Gasteiger partial charge >= 0.3 is 0 Å². The normalized spacial score (nSPS) is 21.6. The lowest BCUT2D eigenvalue weighted by molar-refractivity contribution is -0.139. The molecule has 212 valence electrons. The van der Waals surface area contributed by atoms with Gasteiger partial charge in [0.15, 0.2) is 11.6 Å². The molecule has 1 amide bonds. The summed E-state index contributed by atoms with van der Waals surface area (Å²) in [5.41, 5.74) is 3.80. The fraction of sp³-hybridized carbons (Fsp3) is 0.562. The number of piperidine rings is 1. The molecule has 0 spiro atoms. The molecule has 0 bridgehead atoms. The van der Waals surface area contributed by atoms with Crippen molar-refractivity contribution in [3.8, 4) is 11.1 Å². The molecule has 3 aromatic rings. The van der Waals surface area contributed by atoms with Crippen molar-refractivity contribution in [3.05, 3.63) is 41.6 Å². The summed E-state index contributed by atoms with van der Waals surface area (Å²) < 4.78 is 1.66. The summed E-state index contributed by atoms with van der Waals surface area (Å²) >= 11 is 0.